The minimum absolute atomic E-state index is 0.185. The van der Waals surface area contributed by atoms with Crippen molar-refractivity contribution in [3.8, 4) is 0 Å². The van der Waals surface area contributed by atoms with Gasteiger partial charge in [-0.05, 0) is 25.4 Å². The van der Waals surface area contributed by atoms with E-state index in [-0.39, 0.29) is 6.42 Å². The van der Waals surface area contributed by atoms with Crippen molar-refractivity contribution in [2.24, 2.45) is 5.73 Å². The highest BCUT2D eigenvalue weighted by molar-refractivity contribution is 7.98. The van der Waals surface area contributed by atoms with E-state index in [1.807, 2.05) is 0 Å². The van der Waals surface area contributed by atoms with Gasteiger partial charge < -0.3 is 31.7 Å². The number of aliphatic hydroxyl groups is 1. The zero-order valence-electron chi connectivity index (χ0n) is 13.4. The first-order chi connectivity index (χ1) is 11.1. The van der Waals surface area contributed by atoms with Crippen LogP contribution >= 0.6 is 11.8 Å². The number of carboxylic acid groups (broad SMARTS) is 2. The Morgan fingerprint density at radius 2 is 1.62 bits per heavy atom. The number of aliphatic carboxylic acids is 2. The Bertz CT molecular complexity index is 472. The monoisotopic (exact) mass is 365 g/mol. The van der Waals surface area contributed by atoms with Gasteiger partial charge >= 0.3 is 11.9 Å². The van der Waals surface area contributed by atoms with Gasteiger partial charge in [0.2, 0.25) is 11.8 Å². The first-order valence-electron chi connectivity index (χ1n) is 7.08. The molecule has 11 heteroatoms. The normalized spacial score (nSPS) is 15.7. The molecule has 2 amide bonds. The molecular weight excluding hydrogens is 342 g/mol. The van der Waals surface area contributed by atoms with E-state index in [4.69, 9.17) is 15.9 Å². The lowest BCUT2D eigenvalue weighted by molar-refractivity contribution is -0.147. The van der Waals surface area contributed by atoms with Crippen LogP contribution in [0, 0.1) is 0 Å². The summed E-state index contributed by atoms with van der Waals surface area (Å²) in [4.78, 5) is 45.7. The third-order valence-corrected chi connectivity index (χ3v) is 3.70. The summed E-state index contributed by atoms with van der Waals surface area (Å²) < 4.78 is 0. The predicted octanol–water partition coefficient (Wildman–Crippen LogP) is -2.02. The average Bonchev–Trinajstić information content (AvgIpc) is 2.48. The van der Waals surface area contributed by atoms with Crippen LogP contribution in [-0.4, -0.2) is 75.3 Å². The molecular formula is C13H23N3O7S. The summed E-state index contributed by atoms with van der Waals surface area (Å²) in [5, 5.41) is 31.3. The molecule has 0 aliphatic heterocycles. The topological polar surface area (TPSA) is 179 Å². The van der Waals surface area contributed by atoms with Crippen LogP contribution in [0.25, 0.3) is 0 Å². The van der Waals surface area contributed by atoms with Crippen LogP contribution < -0.4 is 16.4 Å². The van der Waals surface area contributed by atoms with Crippen molar-refractivity contribution in [3.63, 3.8) is 0 Å². The summed E-state index contributed by atoms with van der Waals surface area (Å²) in [5.41, 5.74) is 5.48. The average molecular weight is 365 g/mol. The SMILES string of the molecule is CSCCC(NC(=O)C(N)C(C)O)C(=O)NC(CC(=O)O)C(=O)O. The van der Waals surface area contributed by atoms with Gasteiger partial charge in [0.05, 0.1) is 12.5 Å². The number of hydrogen-bond acceptors (Lipinski definition) is 7. The molecule has 0 heterocycles. The van der Waals surface area contributed by atoms with Gasteiger partial charge in [0.1, 0.15) is 18.1 Å². The molecule has 0 aliphatic carbocycles. The van der Waals surface area contributed by atoms with E-state index < -0.39 is 54.4 Å². The molecule has 0 radical (unpaired) electrons. The second-order valence-electron chi connectivity index (χ2n) is 5.11. The molecule has 0 aromatic rings. The van der Waals surface area contributed by atoms with Crippen molar-refractivity contribution in [1.82, 2.24) is 10.6 Å². The number of nitrogens with two attached hydrogens (primary N) is 1. The largest absolute Gasteiger partial charge is 0.481 e. The zero-order valence-corrected chi connectivity index (χ0v) is 14.2. The van der Waals surface area contributed by atoms with Crippen molar-refractivity contribution in [2.45, 2.75) is 44.0 Å². The van der Waals surface area contributed by atoms with E-state index in [0.717, 1.165) is 0 Å². The number of carbonyl (C=O) groups excluding carboxylic acids is 2. The number of hydrogen-bond donors (Lipinski definition) is 6. The van der Waals surface area contributed by atoms with Gasteiger partial charge in [-0.3, -0.25) is 14.4 Å². The van der Waals surface area contributed by atoms with Crippen LogP contribution in [0.2, 0.25) is 0 Å². The van der Waals surface area contributed by atoms with Crippen molar-refractivity contribution in [2.75, 3.05) is 12.0 Å². The standard InChI is InChI=1S/C13H23N3O7S/c1-6(17)10(14)12(21)15-7(3-4-24-2)11(20)16-8(13(22)23)5-9(18)19/h6-8,10,17H,3-5,14H2,1-2H3,(H,15,21)(H,16,20)(H,18,19)(H,22,23). The number of rotatable bonds is 11. The first-order valence-corrected chi connectivity index (χ1v) is 8.47. The van der Waals surface area contributed by atoms with Crippen LogP contribution in [0.3, 0.4) is 0 Å². The van der Waals surface area contributed by atoms with Crippen LogP contribution in [0.1, 0.15) is 19.8 Å². The Labute approximate surface area is 143 Å². The van der Waals surface area contributed by atoms with Gasteiger partial charge in [-0.1, -0.05) is 0 Å². The maximum absolute atomic E-state index is 12.2. The summed E-state index contributed by atoms with van der Waals surface area (Å²) in [6, 6.07) is -3.96. The van der Waals surface area contributed by atoms with E-state index in [1.165, 1.54) is 18.7 Å². The Morgan fingerprint density at radius 3 is 2.04 bits per heavy atom. The second kappa shape index (κ2) is 10.8. The lowest BCUT2D eigenvalue weighted by atomic mass is 10.1. The van der Waals surface area contributed by atoms with E-state index in [2.05, 4.69) is 10.6 Å². The third kappa shape index (κ3) is 8.13. The number of carboxylic acids is 2. The fourth-order valence-electron chi connectivity index (χ4n) is 1.64. The maximum Gasteiger partial charge on any atom is 0.326 e. The molecule has 0 aromatic carbocycles. The van der Waals surface area contributed by atoms with E-state index in [1.54, 1.807) is 6.26 Å². The van der Waals surface area contributed by atoms with E-state index in [0.29, 0.717) is 5.75 Å². The van der Waals surface area contributed by atoms with Gasteiger partial charge in [0.25, 0.3) is 0 Å². The van der Waals surface area contributed by atoms with Gasteiger partial charge in [-0.25, -0.2) is 4.79 Å². The molecule has 24 heavy (non-hydrogen) atoms. The molecule has 7 N–H and O–H groups in total. The molecule has 138 valence electrons. The van der Waals surface area contributed by atoms with Crippen LogP contribution in [0.5, 0.6) is 0 Å². The molecule has 0 bridgehead atoms. The molecule has 0 saturated carbocycles. The summed E-state index contributed by atoms with van der Waals surface area (Å²) in [7, 11) is 0. The number of aliphatic hydroxyl groups excluding tert-OH is 1. The number of nitrogens with one attached hydrogen (secondary N) is 2. The van der Waals surface area contributed by atoms with Crippen molar-refractivity contribution < 1.29 is 34.5 Å². The predicted molar refractivity (Wildman–Crippen MR) is 86.4 cm³/mol. The molecule has 0 aliphatic rings. The Morgan fingerprint density at radius 1 is 1.08 bits per heavy atom. The third-order valence-electron chi connectivity index (χ3n) is 3.06. The fraction of sp³-hybridized carbons (Fsp3) is 0.692. The highest BCUT2D eigenvalue weighted by Gasteiger charge is 2.29. The van der Waals surface area contributed by atoms with Gasteiger partial charge in [-0.15, -0.1) is 0 Å². The summed E-state index contributed by atoms with van der Waals surface area (Å²) in [6.45, 7) is 1.31. The molecule has 0 aromatic heterocycles. The Hall–Kier alpha value is -1.85. The van der Waals surface area contributed by atoms with Crippen LogP contribution in [-0.2, 0) is 19.2 Å². The molecule has 4 atom stereocenters. The minimum atomic E-state index is -1.62. The fourth-order valence-corrected chi connectivity index (χ4v) is 2.11. The Balaban J connectivity index is 5.00. The van der Waals surface area contributed by atoms with E-state index in [9.17, 15) is 24.3 Å². The first kappa shape index (κ1) is 22.1. The quantitative estimate of drug-likeness (QED) is 0.241. The van der Waals surface area contributed by atoms with Crippen LogP contribution in [0.15, 0.2) is 0 Å². The summed E-state index contributed by atoms with van der Waals surface area (Å²) >= 11 is 1.40. The van der Waals surface area contributed by atoms with Gasteiger partial charge in [0.15, 0.2) is 0 Å². The molecule has 4 unspecified atom stereocenters. The lowest BCUT2D eigenvalue weighted by Gasteiger charge is -2.23. The van der Waals surface area contributed by atoms with Crippen molar-refractivity contribution >= 4 is 35.5 Å². The smallest absolute Gasteiger partial charge is 0.326 e. The van der Waals surface area contributed by atoms with Gasteiger partial charge in [-0.2, -0.15) is 11.8 Å². The molecule has 0 fully saturated rings. The van der Waals surface area contributed by atoms with Crippen LogP contribution in [0.4, 0.5) is 0 Å². The number of carbonyl (C=O) groups is 4. The zero-order chi connectivity index (χ0) is 18.9. The van der Waals surface area contributed by atoms with Crippen molar-refractivity contribution in [3.05, 3.63) is 0 Å². The maximum atomic E-state index is 12.2. The van der Waals surface area contributed by atoms with Crippen molar-refractivity contribution in [1.29, 1.82) is 0 Å². The highest BCUT2D eigenvalue weighted by atomic mass is 32.2. The van der Waals surface area contributed by atoms with Gasteiger partial charge in [0, 0.05) is 0 Å². The summed E-state index contributed by atoms with van der Waals surface area (Å²) in [6.07, 6.45) is 0.0401. The summed E-state index contributed by atoms with van der Waals surface area (Å²) in [5.74, 6) is -4.00. The molecule has 0 rings (SSSR count). The second-order valence-corrected chi connectivity index (χ2v) is 6.09. The number of thioether (sulfide) groups is 1. The minimum Gasteiger partial charge on any atom is -0.481 e. The highest BCUT2D eigenvalue weighted by Crippen LogP contribution is 2.04. The van der Waals surface area contributed by atoms with E-state index >= 15 is 0 Å². The molecule has 0 spiro atoms. The number of amides is 2. The Kier molecular flexibility index (Phi) is 10.0. The molecule has 10 nitrogen and oxygen atoms in total. The molecule has 0 saturated heterocycles. The lowest BCUT2D eigenvalue weighted by Crippen LogP contribution is -2.56.